The summed E-state index contributed by atoms with van der Waals surface area (Å²) in [6, 6.07) is 6.98. The van der Waals surface area contributed by atoms with Gasteiger partial charge < -0.3 is 19.9 Å². The minimum absolute atomic E-state index is 0.0528. The van der Waals surface area contributed by atoms with Crippen molar-refractivity contribution in [3.8, 4) is 11.5 Å². The Morgan fingerprint density at radius 2 is 1.85 bits per heavy atom. The van der Waals surface area contributed by atoms with Crippen LogP contribution in [0.2, 0.25) is 0 Å². The van der Waals surface area contributed by atoms with Crippen molar-refractivity contribution < 1.29 is 19.4 Å². The highest BCUT2D eigenvalue weighted by Gasteiger charge is 2.14. The molecule has 0 aliphatic rings. The van der Waals surface area contributed by atoms with Gasteiger partial charge in [-0.2, -0.15) is 0 Å². The standard InChI is InChI=1S/C15H23NO4/c1-11(2)14(10-17)16-15(18)8-9-20-13-6-4-12(19-3)5-7-13/h4-7,11,14,17H,8-10H2,1-3H3,(H,16,18). The molecule has 0 aliphatic carbocycles. The molecule has 0 saturated carbocycles. The van der Waals surface area contributed by atoms with E-state index in [1.54, 1.807) is 31.4 Å². The summed E-state index contributed by atoms with van der Waals surface area (Å²) in [5.41, 5.74) is 0. The van der Waals surface area contributed by atoms with Crippen molar-refractivity contribution in [2.45, 2.75) is 26.3 Å². The fourth-order valence-corrected chi connectivity index (χ4v) is 1.64. The minimum Gasteiger partial charge on any atom is -0.497 e. The van der Waals surface area contributed by atoms with Gasteiger partial charge in [-0.1, -0.05) is 13.8 Å². The number of hydrogen-bond donors (Lipinski definition) is 2. The molecular weight excluding hydrogens is 258 g/mol. The van der Waals surface area contributed by atoms with Crippen LogP contribution < -0.4 is 14.8 Å². The lowest BCUT2D eigenvalue weighted by atomic mass is 10.1. The molecule has 0 saturated heterocycles. The fourth-order valence-electron chi connectivity index (χ4n) is 1.64. The summed E-state index contributed by atoms with van der Waals surface area (Å²) in [5, 5.41) is 11.9. The van der Waals surface area contributed by atoms with Crippen LogP contribution in [-0.2, 0) is 4.79 Å². The average Bonchev–Trinajstić information content (AvgIpc) is 2.45. The van der Waals surface area contributed by atoms with E-state index in [1.165, 1.54) is 0 Å². The monoisotopic (exact) mass is 281 g/mol. The maximum Gasteiger partial charge on any atom is 0.223 e. The van der Waals surface area contributed by atoms with E-state index in [4.69, 9.17) is 14.6 Å². The van der Waals surface area contributed by atoms with E-state index >= 15 is 0 Å². The first-order chi connectivity index (χ1) is 9.56. The second-order valence-corrected chi connectivity index (χ2v) is 4.87. The molecule has 1 rings (SSSR count). The second-order valence-electron chi connectivity index (χ2n) is 4.87. The lowest BCUT2D eigenvalue weighted by Crippen LogP contribution is -2.41. The van der Waals surface area contributed by atoms with Crippen molar-refractivity contribution in [1.82, 2.24) is 5.32 Å². The molecule has 1 amide bonds. The summed E-state index contributed by atoms with van der Waals surface area (Å²) in [4.78, 5) is 11.7. The maximum atomic E-state index is 11.7. The maximum absolute atomic E-state index is 11.7. The van der Waals surface area contributed by atoms with Crippen LogP contribution in [0, 0.1) is 5.92 Å². The van der Waals surface area contributed by atoms with E-state index in [0.717, 1.165) is 5.75 Å². The molecule has 1 atom stereocenters. The molecule has 20 heavy (non-hydrogen) atoms. The Bertz CT molecular complexity index is 403. The highest BCUT2D eigenvalue weighted by Crippen LogP contribution is 2.17. The van der Waals surface area contributed by atoms with Crippen molar-refractivity contribution in [3.05, 3.63) is 24.3 Å². The summed E-state index contributed by atoms with van der Waals surface area (Å²) in [6.07, 6.45) is 0.259. The third-order valence-electron chi connectivity index (χ3n) is 3.01. The number of hydrogen-bond acceptors (Lipinski definition) is 4. The molecule has 112 valence electrons. The Hall–Kier alpha value is -1.75. The number of rotatable bonds is 8. The molecule has 0 spiro atoms. The Morgan fingerprint density at radius 3 is 2.35 bits per heavy atom. The number of methoxy groups -OCH3 is 1. The first-order valence-electron chi connectivity index (χ1n) is 6.74. The van der Waals surface area contributed by atoms with Crippen molar-refractivity contribution in [2.24, 2.45) is 5.92 Å². The molecule has 1 aromatic rings. The molecule has 0 aliphatic heterocycles. The first kappa shape index (κ1) is 16.3. The molecule has 0 bridgehead atoms. The summed E-state index contributed by atoms with van der Waals surface area (Å²) in [7, 11) is 1.60. The molecule has 0 fully saturated rings. The predicted octanol–water partition coefficient (Wildman–Crippen LogP) is 1.60. The number of carbonyl (C=O) groups is 1. The van der Waals surface area contributed by atoms with Crippen LogP contribution in [0.4, 0.5) is 0 Å². The van der Waals surface area contributed by atoms with Gasteiger partial charge in [-0.3, -0.25) is 4.79 Å². The van der Waals surface area contributed by atoms with Crippen LogP contribution >= 0.6 is 0 Å². The summed E-state index contributed by atoms with van der Waals surface area (Å²) >= 11 is 0. The largest absolute Gasteiger partial charge is 0.497 e. The predicted molar refractivity (Wildman–Crippen MR) is 77.0 cm³/mol. The zero-order valence-electron chi connectivity index (χ0n) is 12.3. The second kappa shape index (κ2) is 8.43. The van der Waals surface area contributed by atoms with Crippen LogP contribution in [0.3, 0.4) is 0 Å². The fraction of sp³-hybridized carbons (Fsp3) is 0.533. The molecule has 0 radical (unpaired) electrons. The number of ether oxygens (including phenoxy) is 2. The van der Waals surface area contributed by atoms with Crippen molar-refractivity contribution >= 4 is 5.91 Å². The van der Waals surface area contributed by atoms with Crippen molar-refractivity contribution in [2.75, 3.05) is 20.3 Å². The van der Waals surface area contributed by atoms with Crippen LogP contribution in [0.1, 0.15) is 20.3 Å². The van der Waals surface area contributed by atoms with E-state index in [2.05, 4.69) is 5.32 Å². The van der Waals surface area contributed by atoms with Gasteiger partial charge in [0.15, 0.2) is 0 Å². The minimum atomic E-state index is -0.205. The number of amides is 1. The van der Waals surface area contributed by atoms with Gasteiger partial charge in [0.2, 0.25) is 5.91 Å². The first-order valence-corrected chi connectivity index (χ1v) is 6.74. The third kappa shape index (κ3) is 5.48. The summed E-state index contributed by atoms with van der Waals surface area (Å²) < 4.78 is 10.5. The van der Waals surface area contributed by atoms with E-state index in [0.29, 0.717) is 12.4 Å². The van der Waals surface area contributed by atoms with Gasteiger partial charge in [-0.25, -0.2) is 0 Å². The van der Waals surface area contributed by atoms with Gasteiger partial charge in [0.25, 0.3) is 0 Å². The molecule has 1 unspecified atom stereocenters. The zero-order valence-corrected chi connectivity index (χ0v) is 12.3. The smallest absolute Gasteiger partial charge is 0.223 e. The zero-order chi connectivity index (χ0) is 15.0. The Labute approximate surface area is 119 Å². The number of aliphatic hydroxyl groups excluding tert-OH is 1. The Balaban J connectivity index is 2.30. The van der Waals surface area contributed by atoms with Crippen molar-refractivity contribution in [3.63, 3.8) is 0 Å². The van der Waals surface area contributed by atoms with E-state index in [-0.39, 0.29) is 30.9 Å². The van der Waals surface area contributed by atoms with E-state index < -0.39 is 0 Å². The number of aliphatic hydroxyl groups is 1. The normalized spacial score (nSPS) is 12.1. The third-order valence-corrected chi connectivity index (χ3v) is 3.01. The molecule has 5 heteroatoms. The molecule has 0 aromatic heterocycles. The molecule has 2 N–H and O–H groups in total. The number of carbonyl (C=O) groups excluding carboxylic acids is 1. The average molecular weight is 281 g/mol. The van der Waals surface area contributed by atoms with Crippen LogP contribution in [0.5, 0.6) is 11.5 Å². The van der Waals surface area contributed by atoms with E-state index in [1.807, 2.05) is 13.8 Å². The highest BCUT2D eigenvalue weighted by molar-refractivity contribution is 5.76. The Morgan fingerprint density at radius 1 is 1.25 bits per heavy atom. The van der Waals surface area contributed by atoms with Gasteiger partial charge in [-0.15, -0.1) is 0 Å². The van der Waals surface area contributed by atoms with Gasteiger partial charge in [-0.05, 0) is 30.2 Å². The molecule has 5 nitrogen and oxygen atoms in total. The quantitative estimate of drug-likeness (QED) is 0.759. The van der Waals surface area contributed by atoms with Crippen LogP contribution in [-0.4, -0.2) is 37.4 Å². The van der Waals surface area contributed by atoms with E-state index in [9.17, 15) is 4.79 Å². The van der Waals surface area contributed by atoms with Crippen molar-refractivity contribution in [1.29, 1.82) is 0 Å². The van der Waals surface area contributed by atoms with Crippen LogP contribution in [0.15, 0.2) is 24.3 Å². The number of nitrogens with one attached hydrogen (secondary N) is 1. The van der Waals surface area contributed by atoms with Gasteiger partial charge in [0, 0.05) is 0 Å². The van der Waals surface area contributed by atoms with Gasteiger partial charge in [0.1, 0.15) is 11.5 Å². The lowest BCUT2D eigenvalue weighted by Gasteiger charge is -2.19. The summed E-state index contributed by atoms with van der Waals surface area (Å²) in [6.45, 7) is 4.15. The molecule has 0 heterocycles. The van der Waals surface area contributed by atoms with Gasteiger partial charge >= 0.3 is 0 Å². The van der Waals surface area contributed by atoms with Gasteiger partial charge in [0.05, 0.1) is 32.8 Å². The lowest BCUT2D eigenvalue weighted by molar-refractivity contribution is -0.122. The van der Waals surface area contributed by atoms with Crippen LogP contribution in [0.25, 0.3) is 0 Å². The Kier molecular flexibility index (Phi) is 6.87. The topological polar surface area (TPSA) is 67.8 Å². The highest BCUT2D eigenvalue weighted by atomic mass is 16.5. The summed E-state index contributed by atoms with van der Waals surface area (Å²) in [5.74, 6) is 1.54. The SMILES string of the molecule is COc1ccc(OCCC(=O)NC(CO)C(C)C)cc1. The molecule has 1 aromatic carbocycles. The molecular formula is C15H23NO4. The number of benzene rings is 1.